The molecule has 0 bridgehead atoms. The number of benzene rings is 5. The van der Waals surface area contributed by atoms with Crippen LogP contribution in [-0.2, 0) is 0 Å². The van der Waals surface area contributed by atoms with Crippen LogP contribution in [0.5, 0.6) is 23.0 Å². The Hall–Kier alpha value is -4.70. The quantitative estimate of drug-likeness (QED) is 0.251. The molecular weight excluding hydrogens is 460 g/mol. The van der Waals surface area contributed by atoms with Crippen LogP contribution in [0.25, 0.3) is 44.5 Å². The van der Waals surface area contributed by atoms with Gasteiger partial charge in [0.2, 0.25) is 5.75 Å². The molecule has 0 amide bonds. The summed E-state index contributed by atoms with van der Waals surface area (Å²) < 4.78 is 17.6. The lowest BCUT2D eigenvalue weighted by Gasteiger charge is -2.24. The van der Waals surface area contributed by atoms with Crippen molar-refractivity contribution in [1.29, 1.82) is 0 Å². The van der Waals surface area contributed by atoms with E-state index in [1.54, 1.807) is 21.3 Å². The van der Waals surface area contributed by atoms with Crippen LogP contribution in [-0.4, -0.2) is 26.4 Å². The van der Waals surface area contributed by atoms with Crippen molar-refractivity contribution in [1.82, 2.24) is 0 Å². The Morgan fingerprint density at radius 1 is 0.405 bits per heavy atom. The molecule has 0 fully saturated rings. The van der Waals surface area contributed by atoms with Gasteiger partial charge in [-0.25, -0.2) is 0 Å². The fourth-order valence-electron chi connectivity index (χ4n) is 4.89. The minimum atomic E-state index is 0.0567. The molecule has 0 saturated carbocycles. The second-order valence-electron chi connectivity index (χ2n) is 8.52. The molecule has 0 spiro atoms. The predicted molar refractivity (Wildman–Crippen MR) is 150 cm³/mol. The second-order valence-corrected chi connectivity index (χ2v) is 8.52. The third-order valence-electron chi connectivity index (χ3n) is 6.51. The van der Waals surface area contributed by atoms with Crippen molar-refractivity contribution in [3.8, 4) is 67.5 Å². The molecule has 4 nitrogen and oxygen atoms in total. The molecule has 1 N–H and O–H groups in total. The molecule has 0 aliphatic heterocycles. The van der Waals surface area contributed by atoms with Gasteiger partial charge in [0.25, 0.3) is 0 Å². The summed E-state index contributed by atoms with van der Waals surface area (Å²) >= 11 is 0. The fraction of sp³-hybridized carbons (Fsp3) is 0.0909. The number of aromatic hydroxyl groups is 1. The molecule has 0 aliphatic carbocycles. The van der Waals surface area contributed by atoms with E-state index >= 15 is 0 Å². The minimum absolute atomic E-state index is 0.0567. The molecular formula is C33H28O4. The number of phenols is 1. The van der Waals surface area contributed by atoms with Gasteiger partial charge in [0, 0.05) is 0 Å². The second kappa shape index (κ2) is 10.5. The van der Waals surface area contributed by atoms with Gasteiger partial charge in [-0.2, -0.15) is 0 Å². The third-order valence-corrected chi connectivity index (χ3v) is 6.51. The highest BCUT2D eigenvalue weighted by atomic mass is 16.5. The van der Waals surface area contributed by atoms with Gasteiger partial charge in [-0.05, 0) is 33.4 Å². The number of hydrogen-bond acceptors (Lipinski definition) is 4. The summed E-state index contributed by atoms with van der Waals surface area (Å²) in [4.78, 5) is 0. The summed E-state index contributed by atoms with van der Waals surface area (Å²) in [6.07, 6.45) is 0. The van der Waals surface area contributed by atoms with Gasteiger partial charge in [0.05, 0.1) is 32.5 Å². The van der Waals surface area contributed by atoms with E-state index < -0.39 is 0 Å². The average Bonchev–Trinajstić information content (AvgIpc) is 2.97. The number of rotatable bonds is 7. The molecule has 0 radical (unpaired) electrons. The molecule has 0 saturated heterocycles. The van der Waals surface area contributed by atoms with Crippen LogP contribution in [0.2, 0.25) is 0 Å². The standard InChI is InChI=1S/C33H28O4/c1-35-31-28(26-20-12-10-18-24(26)22-14-6-4-7-15-22)30(34)29(32(36-2)33(31)37-3)27-21-13-11-19-25(27)23-16-8-5-9-17-23/h4-21,34H,1-3H3. The summed E-state index contributed by atoms with van der Waals surface area (Å²) in [5.41, 5.74) is 6.71. The van der Waals surface area contributed by atoms with Gasteiger partial charge >= 0.3 is 0 Å². The molecule has 5 rings (SSSR count). The number of ether oxygens (including phenoxy) is 3. The van der Waals surface area contributed by atoms with Gasteiger partial charge in [0.1, 0.15) is 5.75 Å². The zero-order valence-corrected chi connectivity index (χ0v) is 21.1. The Bertz CT molecular complexity index is 1410. The molecule has 0 heterocycles. The first kappa shape index (κ1) is 24.0. The molecule has 0 atom stereocenters. The Balaban J connectivity index is 1.89. The zero-order valence-electron chi connectivity index (χ0n) is 21.1. The lowest BCUT2D eigenvalue weighted by atomic mass is 9.87. The van der Waals surface area contributed by atoms with Crippen molar-refractivity contribution >= 4 is 0 Å². The Kier molecular flexibility index (Phi) is 6.82. The van der Waals surface area contributed by atoms with Gasteiger partial charge in [-0.15, -0.1) is 0 Å². The summed E-state index contributed by atoms with van der Waals surface area (Å²) in [7, 11) is 4.73. The maximum atomic E-state index is 12.1. The van der Waals surface area contributed by atoms with Crippen molar-refractivity contribution in [3.05, 3.63) is 109 Å². The number of phenolic OH excluding ortho intramolecular Hbond substituents is 1. The SMILES string of the molecule is COc1c(OC)c(-c2ccccc2-c2ccccc2)c(O)c(-c2ccccc2-c2ccccc2)c1OC. The van der Waals surface area contributed by atoms with Crippen LogP contribution < -0.4 is 14.2 Å². The van der Waals surface area contributed by atoms with Gasteiger partial charge in [-0.3, -0.25) is 0 Å². The van der Waals surface area contributed by atoms with Crippen LogP contribution in [0.4, 0.5) is 0 Å². The smallest absolute Gasteiger partial charge is 0.204 e. The highest BCUT2D eigenvalue weighted by Gasteiger charge is 2.30. The largest absolute Gasteiger partial charge is 0.506 e. The average molecular weight is 489 g/mol. The maximum absolute atomic E-state index is 12.1. The van der Waals surface area contributed by atoms with Crippen LogP contribution >= 0.6 is 0 Å². The molecule has 5 aromatic rings. The molecule has 184 valence electrons. The number of methoxy groups -OCH3 is 3. The molecule has 4 heteroatoms. The van der Waals surface area contributed by atoms with Crippen LogP contribution in [0, 0.1) is 0 Å². The number of hydrogen-bond donors (Lipinski definition) is 1. The van der Waals surface area contributed by atoms with Gasteiger partial charge < -0.3 is 19.3 Å². The van der Waals surface area contributed by atoms with E-state index in [4.69, 9.17) is 14.2 Å². The molecule has 0 aromatic heterocycles. The lowest BCUT2D eigenvalue weighted by molar-refractivity contribution is 0.323. The van der Waals surface area contributed by atoms with E-state index in [0.717, 1.165) is 33.4 Å². The first-order chi connectivity index (χ1) is 18.2. The van der Waals surface area contributed by atoms with E-state index in [1.807, 2.05) is 84.9 Å². The van der Waals surface area contributed by atoms with Crippen LogP contribution in [0.15, 0.2) is 109 Å². The summed E-state index contributed by atoms with van der Waals surface area (Å²) in [5, 5.41) is 12.1. The van der Waals surface area contributed by atoms with Crippen LogP contribution in [0.3, 0.4) is 0 Å². The van der Waals surface area contributed by atoms with E-state index in [1.165, 1.54) is 0 Å². The van der Waals surface area contributed by atoms with E-state index in [0.29, 0.717) is 28.4 Å². The van der Waals surface area contributed by atoms with Crippen molar-refractivity contribution in [2.45, 2.75) is 0 Å². The lowest BCUT2D eigenvalue weighted by Crippen LogP contribution is -2.01. The van der Waals surface area contributed by atoms with E-state index in [9.17, 15) is 5.11 Å². The fourth-order valence-corrected chi connectivity index (χ4v) is 4.89. The highest BCUT2D eigenvalue weighted by Crippen LogP contribution is 2.58. The first-order valence-electron chi connectivity index (χ1n) is 12.0. The van der Waals surface area contributed by atoms with Crippen molar-refractivity contribution in [3.63, 3.8) is 0 Å². The van der Waals surface area contributed by atoms with E-state index in [-0.39, 0.29) is 5.75 Å². The van der Waals surface area contributed by atoms with Crippen molar-refractivity contribution in [2.24, 2.45) is 0 Å². The minimum Gasteiger partial charge on any atom is -0.506 e. The monoisotopic (exact) mass is 488 g/mol. The topological polar surface area (TPSA) is 47.9 Å². The van der Waals surface area contributed by atoms with E-state index in [2.05, 4.69) is 24.3 Å². The maximum Gasteiger partial charge on any atom is 0.204 e. The molecule has 37 heavy (non-hydrogen) atoms. The first-order valence-corrected chi connectivity index (χ1v) is 12.0. The summed E-state index contributed by atoms with van der Waals surface area (Å²) in [6, 6.07) is 36.1. The van der Waals surface area contributed by atoms with Gasteiger partial charge in [-0.1, -0.05) is 109 Å². The third kappa shape index (κ3) is 4.27. The van der Waals surface area contributed by atoms with Crippen molar-refractivity contribution < 1.29 is 19.3 Å². The normalized spacial score (nSPS) is 10.7. The predicted octanol–water partition coefficient (Wildman–Crippen LogP) is 8.09. The Morgan fingerprint density at radius 3 is 1.08 bits per heavy atom. The molecule has 5 aromatic carbocycles. The summed E-state index contributed by atoms with van der Waals surface area (Å²) in [6.45, 7) is 0. The molecule has 0 unspecified atom stereocenters. The Morgan fingerprint density at radius 2 is 0.730 bits per heavy atom. The Labute approximate surface area is 217 Å². The molecule has 0 aliphatic rings. The van der Waals surface area contributed by atoms with Gasteiger partial charge in [0.15, 0.2) is 11.5 Å². The zero-order chi connectivity index (χ0) is 25.8. The highest BCUT2D eigenvalue weighted by molar-refractivity contribution is 6.00. The van der Waals surface area contributed by atoms with Crippen molar-refractivity contribution in [2.75, 3.05) is 21.3 Å². The van der Waals surface area contributed by atoms with Crippen LogP contribution in [0.1, 0.15) is 0 Å². The summed E-state index contributed by atoms with van der Waals surface area (Å²) in [5.74, 6) is 1.28.